The summed E-state index contributed by atoms with van der Waals surface area (Å²) < 4.78 is 0. The summed E-state index contributed by atoms with van der Waals surface area (Å²) in [6.07, 6.45) is 4.83. The molecule has 2 unspecified atom stereocenters. The molecule has 2 aromatic carbocycles. The summed E-state index contributed by atoms with van der Waals surface area (Å²) in [5.74, 6) is 0.467. The molecule has 27 heavy (non-hydrogen) atoms. The van der Waals surface area contributed by atoms with E-state index in [4.69, 9.17) is 11.6 Å². The molecule has 142 valence electrons. The van der Waals surface area contributed by atoms with Gasteiger partial charge in [-0.1, -0.05) is 60.5 Å². The summed E-state index contributed by atoms with van der Waals surface area (Å²) in [7, 11) is 0. The van der Waals surface area contributed by atoms with Crippen LogP contribution in [0, 0.1) is 5.92 Å². The van der Waals surface area contributed by atoms with Gasteiger partial charge in [-0.3, -0.25) is 9.69 Å². The van der Waals surface area contributed by atoms with Crippen molar-refractivity contribution in [1.29, 1.82) is 0 Å². The summed E-state index contributed by atoms with van der Waals surface area (Å²) in [6.45, 7) is 3.96. The van der Waals surface area contributed by atoms with Crippen LogP contribution in [0.15, 0.2) is 48.5 Å². The highest BCUT2D eigenvalue weighted by atomic mass is 35.5. The molecule has 0 bridgehead atoms. The van der Waals surface area contributed by atoms with E-state index in [9.17, 15) is 4.79 Å². The fraction of sp³-hybridized carbons (Fsp3) is 0.435. The zero-order chi connectivity index (χ0) is 18.6. The lowest BCUT2D eigenvalue weighted by molar-refractivity contribution is -0.122. The Labute approximate surface area is 166 Å². The molecule has 0 aromatic heterocycles. The maximum atomic E-state index is 12.6. The summed E-state index contributed by atoms with van der Waals surface area (Å²) in [5.41, 5.74) is 3.66. The van der Waals surface area contributed by atoms with Crippen LogP contribution in [-0.2, 0) is 17.9 Å². The molecule has 1 amide bonds. The minimum absolute atomic E-state index is 0.0548. The number of carbonyl (C=O) groups is 1. The maximum absolute atomic E-state index is 12.6. The lowest BCUT2D eigenvalue weighted by Crippen LogP contribution is -2.30. The Morgan fingerprint density at radius 1 is 1.00 bits per heavy atom. The van der Waals surface area contributed by atoms with Crippen LogP contribution in [0.4, 0.5) is 0 Å². The first-order valence-electron chi connectivity index (χ1n) is 10.0. The van der Waals surface area contributed by atoms with Crippen LogP contribution in [0.5, 0.6) is 0 Å². The SMILES string of the molecule is O=C(NCc1ccccc1CN1CCCCC1)C1CC1c1ccccc1Cl. The minimum Gasteiger partial charge on any atom is -0.352 e. The Bertz CT molecular complexity index is 800. The van der Waals surface area contributed by atoms with E-state index in [0.29, 0.717) is 6.54 Å². The molecule has 4 rings (SSSR count). The van der Waals surface area contributed by atoms with Crippen molar-refractivity contribution < 1.29 is 4.79 Å². The molecule has 2 atom stereocenters. The Morgan fingerprint density at radius 3 is 2.48 bits per heavy atom. The van der Waals surface area contributed by atoms with Gasteiger partial charge in [0.05, 0.1) is 0 Å². The number of benzene rings is 2. The van der Waals surface area contributed by atoms with Crippen molar-refractivity contribution in [2.75, 3.05) is 13.1 Å². The molecular weight excluding hydrogens is 356 g/mol. The third-order valence-electron chi connectivity index (χ3n) is 5.85. The average Bonchev–Trinajstić information content (AvgIpc) is 3.49. The maximum Gasteiger partial charge on any atom is 0.224 e. The van der Waals surface area contributed by atoms with Gasteiger partial charge in [-0.2, -0.15) is 0 Å². The van der Waals surface area contributed by atoms with Gasteiger partial charge < -0.3 is 5.32 Å². The van der Waals surface area contributed by atoms with E-state index in [1.807, 2.05) is 24.3 Å². The van der Waals surface area contributed by atoms with Gasteiger partial charge >= 0.3 is 0 Å². The standard InChI is InChI=1S/C23H27ClN2O/c24-22-11-5-4-10-19(22)20-14-21(20)23(27)25-15-17-8-2-3-9-18(17)16-26-12-6-1-7-13-26/h2-5,8-11,20-21H,1,6-7,12-16H2,(H,25,27). The van der Waals surface area contributed by atoms with Crippen LogP contribution in [0.1, 0.15) is 48.3 Å². The van der Waals surface area contributed by atoms with E-state index in [-0.39, 0.29) is 17.7 Å². The third-order valence-corrected chi connectivity index (χ3v) is 6.19. The summed E-state index contributed by atoms with van der Waals surface area (Å²) in [5, 5.41) is 3.93. The molecule has 2 aromatic rings. The average molecular weight is 383 g/mol. The zero-order valence-corrected chi connectivity index (χ0v) is 16.4. The van der Waals surface area contributed by atoms with E-state index in [1.54, 1.807) is 0 Å². The Balaban J connectivity index is 1.34. The topological polar surface area (TPSA) is 32.3 Å². The lowest BCUT2D eigenvalue weighted by atomic mass is 10.0. The van der Waals surface area contributed by atoms with Crippen molar-refractivity contribution in [3.05, 3.63) is 70.2 Å². The van der Waals surface area contributed by atoms with Gasteiger partial charge in [-0.05, 0) is 61.0 Å². The number of likely N-dealkylation sites (tertiary alicyclic amines) is 1. The Morgan fingerprint density at radius 2 is 1.70 bits per heavy atom. The number of amides is 1. The molecule has 0 spiro atoms. The van der Waals surface area contributed by atoms with Crippen molar-refractivity contribution >= 4 is 17.5 Å². The normalized spacial score (nSPS) is 22.4. The molecule has 0 radical (unpaired) electrons. The van der Waals surface area contributed by atoms with Crippen LogP contribution >= 0.6 is 11.6 Å². The van der Waals surface area contributed by atoms with Gasteiger partial charge in [0.1, 0.15) is 0 Å². The highest BCUT2D eigenvalue weighted by Gasteiger charge is 2.44. The number of piperidine rings is 1. The number of hydrogen-bond acceptors (Lipinski definition) is 2. The summed E-state index contributed by atoms with van der Waals surface area (Å²) in [6, 6.07) is 16.4. The largest absolute Gasteiger partial charge is 0.352 e. The molecule has 2 aliphatic rings. The molecule has 1 saturated heterocycles. The van der Waals surface area contributed by atoms with E-state index in [2.05, 4.69) is 34.5 Å². The molecule has 1 aliphatic carbocycles. The molecule has 1 aliphatic heterocycles. The third kappa shape index (κ3) is 4.53. The van der Waals surface area contributed by atoms with Gasteiger partial charge in [0.25, 0.3) is 0 Å². The molecule has 4 heteroatoms. The second kappa shape index (κ2) is 8.45. The van der Waals surface area contributed by atoms with E-state index in [1.165, 1.54) is 43.5 Å². The van der Waals surface area contributed by atoms with Crippen LogP contribution in [0.2, 0.25) is 5.02 Å². The van der Waals surface area contributed by atoms with Gasteiger partial charge in [0.15, 0.2) is 0 Å². The van der Waals surface area contributed by atoms with E-state index >= 15 is 0 Å². The van der Waals surface area contributed by atoms with E-state index < -0.39 is 0 Å². The Hall–Kier alpha value is -1.84. The predicted molar refractivity (Wildman–Crippen MR) is 110 cm³/mol. The van der Waals surface area contributed by atoms with Crippen molar-refractivity contribution in [2.24, 2.45) is 5.92 Å². The Kier molecular flexibility index (Phi) is 5.80. The summed E-state index contributed by atoms with van der Waals surface area (Å²) in [4.78, 5) is 15.1. The first kappa shape index (κ1) is 18.5. The lowest BCUT2D eigenvalue weighted by Gasteiger charge is -2.27. The second-order valence-corrected chi connectivity index (χ2v) is 8.20. The van der Waals surface area contributed by atoms with Gasteiger partial charge in [0, 0.05) is 24.0 Å². The zero-order valence-electron chi connectivity index (χ0n) is 15.7. The number of nitrogens with one attached hydrogen (secondary N) is 1. The first-order chi connectivity index (χ1) is 13.2. The van der Waals surface area contributed by atoms with Gasteiger partial charge in [-0.25, -0.2) is 0 Å². The summed E-state index contributed by atoms with van der Waals surface area (Å²) >= 11 is 6.28. The highest BCUT2D eigenvalue weighted by molar-refractivity contribution is 6.31. The molecule has 1 N–H and O–H groups in total. The van der Waals surface area contributed by atoms with E-state index in [0.717, 1.165) is 23.6 Å². The van der Waals surface area contributed by atoms with Gasteiger partial charge in [-0.15, -0.1) is 0 Å². The smallest absolute Gasteiger partial charge is 0.224 e. The molecule has 2 fully saturated rings. The molecular formula is C23H27ClN2O. The first-order valence-corrected chi connectivity index (χ1v) is 10.4. The number of halogens is 1. The quantitative estimate of drug-likeness (QED) is 0.782. The van der Waals surface area contributed by atoms with Crippen molar-refractivity contribution in [3.63, 3.8) is 0 Å². The highest BCUT2D eigenvalue weighted by Crippen LogP contribution is 2.49. The van der Waals surface area contributed by atoms with Crippen LogP contribution < -0.4 is 5.32 Å². The van der Waals surface area contributed by atoms with Crippen molar-refractivity contribution in [1.82, 2.24) is 10.2 Å². The van der Waals surface area contributed by atoms with Crippen LogP contribution in [-0.4, -0.2) is 23.9 Å². The van der Waals surface area contributed by atoms with Crippen LogP contribution in [0.25, 0.3) is 0 Å². The predicted octanol–water partition coefficient (Wildman–Crippen LogP) is 4.75. The number of hydrogen-bond donors (Lipinski definition) is 1. The molecule has 1 heterocycles. The molecule has 3 nitrogen and oxygen atoms in total. The van der Waals surface area contributed by atoms with Gasteiger partial charge in [0.2, 0.25) is 5.91 Å². The fourth-order valence-corrected chi connectivity index (χ4v) is 4.44. The number of carbonyl (C=O) groups excluding carboxylic acids is 1. The van der Waals surface area contributed by atoms with Crippen LogP contribution in [0.3, 0.4) is 0 Å². The van der Waals surface area contributed by atoms with Crippen molar-refractivity contribution in [3.8, 4) is 0 Å². The number of nitrogens with zero attached hydrogens (tertiary/aromatic N) is 1. The van der Waals surface area contributed by atoms with Crippen molar-refractivity contribution in [2.45, 2.75) is 44.7 Å². The fourth-order valence-electron chi connectivity index (χ4n) is 4.16. The minimum atomic E-state index is 0.0548. The second-order valence-electron chi connectivity index (χ2n) is 7.79. The monoisotopic (exact) mass is 382 g/mol. The molecule has 1 saturated carbocycles. The number of rotatable bonds is 6.